The quantitative estimate of drug-likeness (QED) is 0.623. The first kappa shape index (κ1) is 13.0. The minimum Gasteiger partial charge on any atom is -0.465 e. The highest BCUT2D eigenvalue weighted by atomic mass is 16.5. The summed E-state index contributed by atoms with van der Waals surface area (Å²) in [6, 6.07) is 13.0. The summed E-state index contributed by atoms with van der Waals surface area (Å²) in [5, 5.41) is 0. The number of ether oxygens (including phenoxy) is 1. The van der Waals surface area contributed by atoms with E-state index in [0.717, 1.165) is 23.0 Å². The maximum absolute atomic E-state index is 11.8. The fraction of sp³-hybridized carbons (Fsp3) is 0.125. The summed E-state index contributed by atoms with van der Waals surface area (Å²) in [5.41, 5.74) is 3.43. The van der Waals surface area contributed by atoms with E-state index < -0.39 is 5.97 Å². The number of hydrogen-bond donors (Lipinski definition) is 0. The van der Waals surface area contributed by atoms with Crippen LogP contribution in [0.2, 0.25) is 0 Å². The molecule has 3 nitrogen and oxygen atoms in total. The van der Waals surface area contributed by atoms with Gasteiger partial charge in [0.15, 0.2) is 0 Å². The molecule has 0 aliphatic heterocycles. The summed E-state index contributed by atoms with van der Waals surface area (Å²) in [7, 11) is 1.33. The Morgan fingerprint density at radius 3 is 2.42 bits per heavy atom. The summed E-state index contributed by atoms with van der Waals surface area (Å²) in [4.78, 5) is 22.8. The molecule has 2 aromatic carbocycles. The van der Waals surface area contributed by atoms with Crippen LogP contribution < -0.4 is 0 Å². The molecule has 0 aliphatic carbocycles. The second-order valence-corrected chi connectivity index (χ2v) is 4.23. The number of carbonyl (C=O) groups excluding carboxylic acids is 2. The van der Waals surface area contributed by atoms with Crippen LogP contribution in [-0.4, -0.2) is 19.4 Å². The monoisotopic (exact) mass is 254 g/mol. The smallest absolute Gasteiger partial charge is 0.338 e. The minimum atomic E-state index is -0.443. The Balaban J connectivity index is 2.68. The Kier molecular flexibility index (Phi) is 3.76. The molecule has 96 valence electrons. The van der Waals surface area contributed by atoms with E-state index in [9.17, 15) is 9.59 Å². The van der Waals surface area contributed by atoms with Gasteiger partial charge in [0.2, 0.25) is 0 Å². The normalized spacial score (nSPS) is 10.0. The Labute approximate surface area is 111 Å². The Hall–Kier alpha value is -2.42. The number of aryl methyl sites for hydroxylation is 1. The Morgan fingerprint density at radius 2 is 1.84 bits per heavy atom. The summed E-state index contributed by atoms with van der Waals surface area (Å²) in [5.74, 6) is -0.443. The third-order valence-corrected chi connectivity index (χ3v) is 3.02. The van der Waals surface area contributed by atoms with E-state index in [-0.39, 0.29) is 0 Å². The van der Waals surface area contributed by atoms with Gasteiger partial charge in [0.25, 0.3) is 0 Å². The van der Waals surface area contributed by atoms with Gasteiger partial charge in [-0.3, -0.25) is 4.79 Å². The van der Waals surface area contributed by atoms with Crippen LogP contribution in [0.3, 0.4) is 0 Å². The van der Waals surface area contributed by atoms with Crippen molar-refractivity contribution in [3.05, 3.63) is 59.2 Å². The summed E-state index contributed by atoms with van der Waals surface area (Å²) in [6.07, 6.45) is 0.747. The maximum atomic E-state index is 11.8. The number of carbonyl (C=O) groups is 2. The van der Waals surface area contributed by atoms with Gasteiger partial charge in [-0.05, 0) is 35.7 Å². The molecule has 0 fully saturated rings. The summed E-state index contributed by atoms with van der Waals surface area (Å²) < 4.78 is 4.78. The molecule has 0 amide bonds. The molecule has 0 saturated carbocycles. The van der Waals surface area contributed by atoms with Crippen LogP contribution >= 0.6 is 0 Å². The number of hydrogen-bond acceptors (Lipinski definition) is 3. The van der Waals surface area contributed by atoms with Gasteiger partial charge in [-0.25, -0.2) is 4.79 Å². The summed E-state index contributed by atoms with van der Waals surface area (Å²) >= 11 is 0. The van der Waals surface area contributed by atoms with Crippen molar-refractivity contribution in [1.29, 1.82) is 0 Å². The van der Waals surface area contributed by atoms with Gasteiger partial charge in [-0.2, -0.15) is 0 Å². The third kappa shape index (κ3) is 2.55. The van der Waals surface area contributed by atoms with E-state index in [1.165, 1.54) is 7.11 Å². The lowest BCUT2D eigenvalue weighted by Gasteiger charge is -2.11. The lowest BCUT2D eigenvalue weighted by Crippen LogP contribution is -2.05. The number of rotatable bonds is 3. The minimum absolute atomic E-state index is 0.404. The Bertz CT molecular complexity index is 615. The van der Waals surface area contributed by atoms with Gasteiger partial charge < -0.3 is 4.74 Å². The van der Waals surface area contributed by atoms with Crippen LogP contribution in [0, 0.1) is 6.92 Å². The fourth-order valence-corrected chi connectivity index (χ4v) is 1.99. The molecule has 2 rings (SSSR count). The van der Waals surface area contributed by atoms with Crippen molar-refractivity contribution >= 4 is 12.3 Å². The molecule has 19 heavy (non-hydrogen) atoms. The van der Waals surface area contributed by atoms with Crippen LogP contribution in [-0.2, 0) is 4.74 Å². The van der Waals surface area contributed by atoms with Gasteiger partial charge in [0, 0.05) is 5.56 Å². The zero-order chi connectivity index (χ0) is 13.8. The molecule has 0 unspecified atom stereocenters. The Morgan fingerprint density at radius 1 is 1.16 bits per heavy atom. The average molecular weight is 254 g/mol. The third-order valence-electron chi connectivity index (χ3n) is 3.02. The van der Waals surface area contributed by atoms with Crippen LogP contribution in [0.4, 0.5) is 0 Å². The van der Waals surface area contributed by atoms with Crippen molar-refractivity contribution < 1.29 is 14.3 Å². The number of aldehydes is 1. The predicted octanol–water partition coefficient (Wildman–Crippen LogP) is 3.26. The van der Waals surface area contributed by atoms with Gasteiger partial charge in [0.05, 0.1) is 12.7 Å². The van der Waals surface area contributed by atoms with Crippen molar-refractivity contribution in [3.8, 4) is 11.1 Å². The SMILES string of the molecule is COC(=O)c1cc(C=O)c(C)cc1-c1ccccc1. The topological polar surface area (TPSA) is 43.4 Å². The first-order chi connectivity index (χ1) is 9.17. The first-order valence-corrected chi connectivity index (χ1v) is 5.91. The molecule has 0 aliphatic rings. The lowest BCUT2D eigenvalue weighted by atomic mass is 9.94. The van der Waals surface area contributed by atoms with Crippen molar-refractivity contribution in [2.45, 2.75) is 6.92 Å². The first-order valence-electron chi connectivity index (χ1n) is 5.91. The molecular weight excluding hydrogens is 240 g/mol. The zero-order valence-corrected chi connectivity index (χ0v) is 10.8. The maximum Gasteiger partial charge on any atom is 0.338 e. The van der Waals surface area contributed by atoms with Crippen molar-refractivity contribution in [3.63, 3.8) is 0 Å². The van der Waals surface area contributed by atoms with Gasteiger partial charge in [0.1, 0.15) is 6.29 Å². The number of benzene rings is 2. The molecule has 0 radical (unpaired) electrons. The molecule has 0 saturated heterocycles. The predicted molar refractivity (Wildman–Crippen MR) is 73.3 cm³/mol. The molecule has 3 heteroatoms. The highest BCUT2D eigenvalue weighted by Gasteiger charge is 2.15. The van der Waals surface area contributed by atoms with Crippen molar-refractivity contribution in [2.75, 3.05) is 7.11 Å². The van der Waals surface area contributed by atoms with E-state index >= 15 is 0 Å². The zero-order valence-electron chi connectivity index (χ0n) is 10.8. The van der Waals surface area contributed by atoms with Crippen LogP contribution in [0.15, 0.2) is 42.5 Å². The summed E-state index contributed by atoms with van der Waals surface area (Å²) in [6.45, 7) is 1.84. The van der Waals surface area contributed by atoms with Crippen molar-refractivity contribution in [1.82, 2.24) is 0 Å². The van der Waals surface area contributed by atoms with E-state index in [1.807, 2.05) is 43.3 Å². The standard InChI is InChI=1S/C16H14O3/c1-11-8-14(12-6-4-3-5-7-12)15(16(18)19-2)9-13(11)10-17/h3-10H,1-2H3. The number of esters is 1. The molecule has 0 aromatic heterocycles. The highest BCUT2D eigenvalue weighted by molar-refractivity contribution is 5.99. The van der Waals surface area contributed by atoms with Gasteiger partial charge in [-0.15, -0.1) is 0 Å². The average Bonchev–Trinajstić information content (AvgIpc) is 2.47. The second-order valence-electron chi connectivity index (χ2n) is 4.23. The van der Waals surface area contributed by atoms with Crippen LogP contribution in [0.25, 0.3) is 11.1 Å². The van der Waals surface area contributed by atoms with Gasteiger partial charge >= 0.3 is 5.97 Å². The van der Waals surface area contributed by atoms with Gasteiger partial charge in [-0.1, -0.05) is 30.3 Å². The molecule has 0 bridgehead atoms. The molecule has 2 aromatic rings. The molecule has 0 spiro atoms. The van der Waals surface area contributed by atoms with E-state index in [4.69, 9.17) is 4.74 Å². The van der Waals surface area contributed by atoms with E-state index in [1.54, 1.807) is 6.07 Å². The fourth-order valence-electron chi connectivity index (χ4n) is 1.99. The highest BCUT2D eigenvalue weighted by Crippen LogP contribution is 2.27. The molecular formula is C16H14O3. The molecule has 0 heterocycles. The number of methoxy groups -OCH3 is 1. The van der Waals surface area contributed by atoms with E-state index in [2.05, 4.69) is 0 Å². The van der Waals surface area contributed by atoms with Crippen LogP contribution in [0.1, 0.15) is 26.3 Å². The van der Waals surface area contributed by atoms with Crippen LogP contribution in [0.5, 0.6) is 0 Å². The lowest BCUT2D eigenvalue weighted by molar-refractivity contribution is 0.0601. The largest absolute Gasteiger partial charge is 0.465 e. The molecule has 0 atom stereocenters. The van der Waals surface area contributed by atoms with E-state index in [0.29, 0.717) is 11.1 Å². The second kappa shape index (κ2) is 5.48. The van der Waals surface area contributed by atoms with Crippen molar-refractivity contribution in [2.24, 2.45) is 0 Å². The molecule has 0 N–H and O–H groups in total.